The summed E-state index contributed by atoms with van der Waals surface area (Å²) in [7, 11) is 0. The van der Waals surface area contributed by atoms with Gasteiger partial charge < -0.3 is 10.4 Å². The van der Waals surface area contributed by atoms with Crippen molar-refractivity contribution in [2.24, 2.45) is 11.8 Å². The molecule has 1 heterocycles. The molecule has 100 valence electrons. The SMILES string of the molecule is CC(NCC1CCCC1CO)c1ccc(F)cn1. The Morgan fingerprint density at radius 3 is 2.89 bits per heavy atom. The maximum absolute atomic E-state index is 12.8. The molecule has 4 heteroatoms. The van der Waals surface area contributed by atoms with Crippen molar-refractivity contribution in [1.82, 2.24) is 10.3 Å². The lowest BCUT2D eigenvalue weighted by atomic mass is 9.96. The first-order valence-corrected chi connectivity index (χ1v) is 6.66. The number of hydrogen-bond acceptors (Lipinski definition) is 3. The van der Waals surface area contributed by atoms with Crippen molar-refractivity contribution in [1.29, 1.82) is 0 Å². The third-order valence-electron chi connectivity index (χ3n) is 3.93. The Kier molecular flexibility index (Phi) is 4.66. The molecular formula is C14H21FN2O. The van der Waals surface area contributed by atoms with Crippen LogP contribution in [0.3, 0.4) is 0 Å². The lowest BCUT2D eigenvalue weighted by Gasteiger charge is -2.21. The maximum atomic E-state index is 12.8. The molecule has 0 radical (unpaired) electrons. The summed E-state index contributed by atoms with van der Waals surface area (Å²) in [5.74, 6) is 0.686. The van der Waals surface area contributed by atoms with Gasteiger partial charge in [-0.25, -0.2) is 4.39 Å². The van der Waals surface area contributed by atoms with Gasteiger partial charge in [-0.05, 0) is 50.3 Å². The van der Waals surface area contributed by atoms with E-state index in [-0.39, 0.29) is 18.5 Å². The normalized spacial score (nSPS) is 25.3. The van der Waals surface area contributed by atoms with Crippen molar-refractivity contribution >= 4 is 0 Å². The highest BCUT2D eigenvalue weighted by molar-refractivity contribution is 5.09. The van der Waals surface area contributed by atoms with Crippen LogP contribution >= 0.6 is 0 Å². The zero-order valence-corrected chi connectivity index (χ0v) is 10.8. The smallest absolute Gasteiger partial charge is 0.141 e. The van der Waals surface area contributed by atoms with Crippen LogP contribution in [0.25, 0.3) is 0 Å². The summed E-state index contributed by atoms with van der Waals surface area (Å²) in [5, 5.41) is 12.7. The van der Waals surface area contributed by atoms with Crippen LogP contribution in [0.2, 0.25) is 0 Å². The number of aromatic nitrogens is 1. The molecule has 3 nitrogen and oxygen atoms in total. The van der Waals surface area contributed by atoms with Crippen molar-refractivity contribution in [3.8, 4) is 0 Å². The van der Waals surface area contributed by atoms with Gasteiger partial charge in [-0.3, -0.25) is 4.98 Å². The summed E-state index contributed by atoms with van der Waals surface area (Å²) < 4.78 is 12.8. The van der Waals surface area contributed by atoms with Gasteiger partial charge in [-0.1, -0.05) is 6.42 Å². The molecule has 1 aromatic rings. The lowest BCUT2D eigenvalue weighted by molar-refractivity contribution is 0.190. The Labute approximate surface area is 107 Å². The number of pyridine rings is 1. The van der Waals surface area contributed by atoms with E-state index in [0.717, 1.165) is 18.7 Å². The topological polar surface area (TPSA) is 45.1 Å². The van der Waals surface area contributed by atoms with Crippen molar-refractivity contribution in [2.45, 2.75) is 32.2 Å². The van der Waals surface area contributed by atoms with Crippen molar-refractivity contribution in [3.05, 3.63) is 29.8 Å². The quantitative estimate of drug-likeness (QED) is 0.845. The van der Waals surface area contributed by atoms with Gasteiger partial charge in [0.1, 0.15) is 5.82 Å². The molecule has 2 rings (SSSR count). The fourth-order valence-electron chi connectivity index (χ4n) is 2.70. The molecule has 1 aliphatic carbocycles. The van der Waals surface area contributed by atoms with E-state index >= 15 is 0 Å². The van der Waals surface area contributed by atoms with E-state index in [0.29, 0.717) is 11.8 Å². The van der Waals surface area contributed by atoms with Crippen molar-refractivity contribution in [2.75, 3.05) is 13.2 Å². The predicted molar refractivity (Wildman–Crippen MR) is 68.5 cm³/mol. The predicted octanol–water partition coefficient (Wildman–Crippen LogP) is 2.28. The van der Waals surface area contributed by atoms with E-state index in [9.17, 15) is 9.50 Å². The van der Waals surface area contributed by atoms with E-state index in [1.807, 2.05) is 6.92 Å². The van der Waals surface area contributed by atoms with E-state index < -0.39 is 0 Å². The molecule has 0 spiro atoms. The Morgan fingerprint density at radius 1 is 1.44 bits per heavy atom. The second-order valence-electron chi connectivity index (χ2n) is 5.16. The zero-order chi connectivity index (χ0) is 13.0. The lowest BCUT2D eigenvalue weighted by Crippen LogP contribution is -2.29. The largest absolute Gasteiger partial charge is 0.396 e. The van der Waals surface area contributed by atoms with Gasteiger partial charge in [0.15, 0.2) is 0 Å². The van der Waals surface area contributed by atoms with Crippen LogP contribution < -0.4 is 5.32 Å². The van der Waals surface area contributed by atoms with Gasteiger partial charge in [-0.15, -0.1) is 0 Å². The first kappa shape index (κ1) is 13.4. The van der Waals surface area contributed by atoms with Gasteiger partial charge in [0.25, 0.3) is 0 Å². The minimum atomic E-state index is -0.304. The molecule has 0 amide bonds. The summed E-state index contributed by atoms with van der Waals surface area (Å²) in [4.78, 5) is 4.08. The Morgan fingerprint density at radius 2 is 2.22 bits per heavy atom. The molecule has 1 aromatic heterocycles. The number of halogens is 1. The number of rotatable bonds is 5. The Hall–Kier alpha value is -1.00. The molecule has 18 heavy (non-hydrogen) atoms. The Balaban J connectivity index is 1.84. The molecule has 1 fully saturated rings. The summed E-state index contributed by atoms with van der Waals surface area (Å²) in [6, 6.07) is 3.27. The summed E-state index contributed by atoms with van der Waals surface area (Å²) >= 11 is 0. The zero-order valence-electron chi connectivity index (χ0n) is 10.8. The van der Waals surface area contributed by atoms with E-state index in [1.54, 1.807) is 6.07 Å². The second-order valence-corrected chi connectivity index (χ2v) is 5.16. The second kappa shape index (κ2) is 6.25. The maximum Gasteiger partial charge on any atom is 0.141 e. The average Bonchev–Trinajstić information content (AvgIpc) is 2.84. The first-order chi connectivity index (χ1) is 8.70. The van der Waals surface area contributed by atoms with Gasteiger partial charge >= 0.3 is 0 Å². The van der Waals surface area contributed by atoms with Gasteiger partial charge in [0.05, 0.1) is 11.9 Å². The third kappa shape index (κ3) is 3.27. The summed E-state index contributed by atoms with van der Waals surface area (Å²) in [6.45, 7) is 3.21. The molecule has 0 aliphatic heterocycles. The molecule has 0 aromatic carbocycles. The fraction of sp³-hybridized carbons (Fsp3) is 0.643. The molecule has 2 N–H and O–H groups in total. The van der Waals surface area contributed by atoms with Gasteiger partial charge in [-0.2, -0.15) is 0 Å². The molecule has 1 saturated carbocycles. The monoisotopic (exact) mass is 252 g/mol. The van der Waals surface area contributed by atoms with Gasteiger partial charge in [0.2, 0.25) is 0 Å². The Bertz CT molecular complexity index is 369. The molecule has 0 bridgehead atoms. The fourth-order valence-corrected chi connectivity index (χ4v) is 2.70. The highest BCUT2D eigenvalue weighted by atomic mass is 19.1. The van der Waals surface area contributed by atoms with E-state index in [1.165, 1.54) is 25.1 Å². The van der Waals surface area contributed by atoms with Crippen LogP contribution in [0.15, 0.2) is 18.3 Å². The first-order valence-electron chi connectivity index (χ1n) is 6.66. The summed E-state index contributed by atoms with van der Waals surface area (Å²) in [5.41, 5.74) is 0.856. The highest BCUT2D eigenvalue weighted by Gasteiger charge is 2.26. The minimum absolute atomic E-state index is 0.116. The van der Waals surface area contributed by atoms with E-state index in [2.05, 4.69) is 10.3 Å². The number of nitrogens with zero attached hydrogens (tertiary/aromatic N) is 1. The summed E-state index contributed by atoms with van der Waals surface area (Å²) in [6.07, 6.45) is 4.77. The van der Waals surface area contributed by atoms with Crippen LogP contribution in [0.1, 0.15) is 37.9 Å². The number of hydrogen-bond donors (Lipinski definition) is 2. The molecule has 1 aliphatic rings. The molecular weight excluding hydrogens is 231 g/mol. The standard InChI is InChI=1S/C14H21FN2O/c1-10(14-6-5-13(15)8-17-14)16-7-11-3-2-4-12(11)9-18/h5-6,8,10-12,16,18H,2-4,7,9H2,1H3. The van der Waals surface area contributed by atoms with E-state index in [4.69, 9.17) is 0 Å². The number of aliphatic hydroxyl groups is 1. The van der Waals surface area contributed by atoms with Gasteiger partial charge in [0, 0.05) is 12.6 Å². The van der Waals surface area contributed by atoms with Crippen LogP contribution in [0, 0.1) is 17.7 Å². The molecule has 3 unspecified atom stereocenters. The molecule has 0 saturated heterocycles. The van der Waals surface area contributed by atoms with Crippen LogP contribution in [0.4, 0.5) is 4.39 Å². The van der Waals surface area contributed by atoms with Crippen LogP contribution in [-0.4, -0.2) is 23.2 Å². The number of nitrogens with one attached hydrogen (secondary N) is 1. The van der Waals surface area contributed by atoms with Crippen LogP contribution in [-0.2, 0) is 0 Å². The van der Waals surface area contributed by atoms with Crippen molar-refractivity contribution < 1.29 is 9.50 Å². The highest BCUT2D eigenvalue weighted by Crippen LogP contribution is 2.31. The molecule has 3 atom stereocenters. The third-order valence-corrected chi connectivity index (χ3v) is 3.93. The average molecular weight is 252 g/mol. The van der Waals surface area contributed by atoms with Crippen molar-refractivity contribution in [3.63, 3.8) is 0 Å². The number of aliphatic hydroxyl groups excluding tert-OH is 1. The van der Waals surface area contributed by atoms with Crippen LogP contribution in [0.5, 0.6) is 0 Å². The minimum Gasteiger partial charge on any atom is -0.396 e.